The van der Waals surface area contributed by atoms with Gasteiger partial charge in [0, 0.05) is 24.7 Å². The van der Waals surface area contributed by atoms with Gasteiger partial charge in [-0.15, -0.1) is 0 Å². The van der Waals surface area contributed by atoms with Crippen molar-refractivity contribution in [2.45, 2.75) is 30.7 Å². The van der Waals surface area contributed by atoms with E-state index in [9.17, 15) is 9.59 Å². The van der Waals surface area contributed by atoms with E-state index in [0.29, 0.717) is 12.1 Å². The van der Waals surface area contributed by atoms with E-state index in [2.05, 4.69) is 9.97 Å². The first kappa shape index (κ1) is 18.5. The highest BCUT2D eigenvalue weighted by Gasteiger charge is 2.25. The number of carbonyl (C=O) groups excluding carboxylic acids is 2. The minimum absolute atomic E-state index is 0.0359. The molecule has 0 spiro atoms. The van der Waals surface area contributed by atoms with E-state index in [1.165, 1.54) is 11.8 Å². The zero-order chi connectivity index (χ0) is 19.7. The number of hydrogen-bond donors (Lipinski definition) is 1. The number of fused-ring (bicyclic) bond motifs is 1. The third-order valence-electron chi connectivity index (χ3n) is 4.93. The molecule has 0 fully saturated rings. The number of anilines is 1. The van der Waals surface area contributed by atoms with Crippen molar-refractivity contribution < 1.29 is 9.59 Å². The van der Waals surface area contributed by atoms with E-state index >= 15 is 0 Å². The fourth-order valence-electron chi connectivity index (χ4n) is 3.47. The molecule has 1 aliphatic heterocycles. The molecule has 0 unspecified atom stereocenters. The summed E-state index contributed by atoms with van der Waals surface area (Å²) >= 11 is 1.42. The monoisotopic (exact) mass is 391 g/mol. The Morgan fingerprint density at radius 3 is 2.71 bits per heavy atom. The molecule has 1 amide bonds. The summed E-state index contributed by atoms with van der Waals surface area (Å²) in [5.74, 6) is 0.0977. The van der Waals surface area contributed by atoms with Crippen molar-refractivity contribution in [2.24, 2.45) is 0 Å². The second-order valence-electron chi connectivity index (χ2n) is 6.86. The molecule has 3 aromatic rings. The van der Waals surface area contributed by atoms with Crippen molar-refractivity contribution in [3.8, 4) is 11.3 Å². The molecule has 0 bridgehead atoms. The van der Waals surface area contributed by atoms with E-state index < -0.39 is 0 Å². The van der Waals surface area contributed by atoms with Gasteiger partial charge in [-0.3, -0.25) is 9.59 Å². The number of rotatable bonds is 5. The Balaban J connectivity index is 1.47. The van der Waals surface area contributed by atoms with Gasteiger partial charge in [0.1, 0.15) is 0 Å². The normalized spacial score (nSPS) is 14.0. The van der Waals surface area contributed by atoms with Crippen LogP contribution in [0, 0.1) is 0 Å². The molecule has 5 nitrogen and oxygen atoms in total. The average molecular weight is 391 g/mol. The van der Waals surface area contributed by atoms with Gasteiger partial charge in [-0.2, -0.15) is 0 Å². The molecule has 1 aromatic heterocycles. The Morgan fingerprint density at radius 2 is 1.96 bits per heavy atom. The SMILES string of the molecule is CC(=O)N1CCc2cc(C(=O)[C@@H](C)Sc3ncc(-c4ccccc4)[nH]3)ccc21. The Kier molecular flexibility index (Phi) is 5.05. The molecule has 28 heavy (non-hydrogen) atoms. The van der Waals surface area contributed by atoms with Crippen LogP contribution >= 0.6 is 11.8 Å². The maximum absolute atomic E-state index is 12.9. The number of nitrogens with one attached hydrogen (secondary N) is 1. The van der Waals surface area contributed by atoms with Gasteiger partial charge >= 0.3 is 0 Å². The topological polar surface area (TPSA) is 66.1 Å². The smallest absolute Gasteiger partial charge is 0.223 e. The van der Waals surface area contributed by atoms with Gasteiger partial charge in [-0.1, -0.05) is 42.1 Å². The number of hydrogen-bond acceptors (Lipinski definition) is 4. The standard InChI is InChI=1S/C22H21N3O2S/c1-14(28-22-23-13-19(24-22)16-6-4-3-5-7-16)21(27)18-8-9-20-17(12-18)10-11-25(20)15(2)26/h3-9,12-14H,10-11H2,1-2H3,(H,23,24)/t14-/m1/s1. The lowest BCUT2D eigenvalue weighted by Crippen LogP contribution is -2.25. The van der Waals surface area contributed by atoms with Crippen LogP contribution in [0.4, 0.5) is 5.69 Å². The van der Waals surface area contributed by atoms with Crippen LogP contribution in [0.2, 0.25) is 0 Å². The van der Waals surface area contributed by atoms with Crippen LogP contribution in [-0.2, 0) is 11.2 Å². The van der Waals surface area contributed by atoms with Crippen LogP contribution < -0.4 is 4.90 Å². The van der Waals surface area contributed by atoms with Gasteiger partial charge < -0.3 is 9.88 Å². The maximum atomic E-state index is 12.9. The Bertz CT molecular complexity index is 1030. The summed E-state index contributed by atoms with van der Waals surface area (Å²) in [4.78, 5) is 34.0. The molecule has 1 atom stereocenters. The minimum Gasteiger partial charge on any atom is -0.333 e. The summed E-state index contributed by atoms with van der Waals surface area (Å²) < 4.78 is 0. The predicted molar refractivity (Wildman–Crippen MR) is 112 cm³/mol. The molecule has 2 heterocycles. The average Bonchev–Trinajstić information content (AvgIpc) is 3.34. The lowest BCUT2D eigenvalue weighted by molar-refractivity contribution is -0.116. The number of ketones is 1. The van der Waals surface area contributed by atoms with Crippen molar-refractivity contribution in [2.75, 3.05) is 11.4 Å². The van der Waals surface area contributed by atoms with E-state index in [1.807, 2.05) is 55.5 Å². The van der Waals surface area contributed by atoms with Crippen molar-refractivity contribution in [3.63, 3.8) is 0 Å². The highest BCUT2D eigenvalue weighted by molar-refractivity contribution is 8.00. The van der Waals surface area contributed by atoms with Gasteiger partial charge in [0.15, 0.2) is 10.9 Å². The predicted octanol–water partition coefficient (Wildman–Crippen LogP) is 4.35. The Labute approximate surface area is 168 Å². The minimum atomic E-state index is -0.266. The molecule has 2 aromatic carbocycles. The summed E-state index contributed by atoms with van der Waals surface area (Å²) in [6, 6.07) is 15.6. The molecular formula is C22H21N3O2S. The first-order chi connectivity index (χ1) is 13.5. The number of amides is 1. The van der Waals surface area contributed by atoms with Gasteiger partial charge in [0.05, 0.1) is 17.1 Å². The third-order valence-corrected chi connectivity index (χ3v) is 5.93. The maximum Gasteiger partial charge on any atom is 0.223 e. The van der Waals surface area contributed by atoms with Gasteiger partial charge in [0.25, 0.3) is 0 Å². The zero-order valence-corrected chi connectivity index (χ0v) is 16.6. The number of thioether (sulfide) groups is 1. The fourth-order valence-corrected chi connectivity index (χ4v) is 4.33. The second-order valence-corrected chi connectivity index (χ2v) is 8.19. The number of carbonyl (C=O) groups is 2. The molecular weight excluding hydrogens is 370 g/mol. The van der Waals surface area contributed by atoms with Crippen molar-refractivity contribution in [3.05, 3.63) is 65.9 Å². The summed E-state index contributed by atoms with van der Waals surface area (Å²) in [5.41, 5.74) is 4.66. The zero-order valence-electron chi connectivity index (χ0n) is 15.8. The number of imidazole rings is 1. The number of H-pyrrole nitrogens is 1. The van der Waals surface area contributed by atoms with Crippen LogP contribution in [0.15, 0.2) is 59.9 Å². The van der Waals surface area contributed by atoms with Crippen molar-refractivity contribution in [1.82, 2.24) is 9.97 Å². The molecule has 4 rings (SSSR count). The quantitative estimate of drug-likeness (QED) is 0.519. The molecule has 0 radical (unpaired) electrons. The lowest BCUT2D eigenvalue weighted by Gasteiger charge is -2.15. The Morgan fingerprint density at radius 1 is 1.18 bits per heavy atom. The summed E-state index contributed by atoms with van der Waals surface area (Å²) in [6.45, 7) is 4.15. The largest absolute Gasteiger partial charge is 0.333 e. The van der Waals surface area contributed by atoms with E-state index in [-0.39, 0.29) is 16.9 Å². The number of aromatic nitrogens is 2. The fraction of sp³-hybridized carbons (Fsp3) is 0.227. The molecule has 1 aliphatic rings. The van der Waals surface area contributed by atoms with Crippen LogP contribution in [0.3, 0.4) is 0 Å². The van der Waals surface area contributed by atoms with Crippen LogP contribution in [0.25, 0.3) is 11.3 Å². The summed E-state index contributed by atoms with van der Waals surface area (Å²) in [7, 11) is 0. The number of benzene rings is 2. The van der Waals surface area contributed by atoms with Gasteiger partial charge in [-0.25, -0.2) is 4.98 Å². The van der Waals surface area contributed by atoms with E-state index in [0.717, 1.165) is 34.1 Å². The van der Waals surface area contributed by atoms with Gasteiger partial charge in [0.2, 0.25) is 5.91 Å². The van der Waals surface area contributed by atoms with Crippen LogP contribution in [-0.4, -0.2) is 33.5 Å². The first-order valence-electron chi connectivity index (χ1n) is 9.25. The number of Topliss-reactive ketones (excluding diaryl/α,β-unsaturated/α-hetero) is 1. The molecule has 6 heteroatoms. The molecule has 0 saturated heterocycles. The highest BCUT2D eigenvalue weighted by atomic mass is 32.2. The van der Waals surface area contributed by atoms with Crippen molar-refractivity contribution >= 4 is 29.1 Å². The highest BCUT2D eigenvalue weighted by Crippen LogP contribution is 2.31. The molecule has 0 saturated carbocycles. The number of aromatic amines is 1. The van der Waals surface area contributed by atoms with Crippen LogP contribution in [0.5, 0.6) is 0 Å². The lowest BCUT2D eigenvalue weighted by atomic mass is 10.0. The van der Waals surface area contributed by atoms with Gasteiger partial charge in [-0.05, 0) is 42.7 Å². The molecule has 142 valence electrons. The second kappa shape index (κ2) is 7.64. The first-order valence-corrected chi connectivity index (χ1v) is 10.1. The number of nitrogens with zero attached hydrogens (tertiary/aromatic N) is 2. The summed E-state index contributed by atoms with van der Waals surface area (Å²) in [6.07, 6.45) is 2.58. The van der Waals surface area contributed by atoms with Crippen molar-refractivity contribution in [1.29, 1.82) is 0 Å². The summed E-state index contributed by atoms with van der Waals surface area (Å²) in [5, 5.41) is 0.460. The van der Waals surface area contributed by atoms with E-state index in [1.54, 1.807) is 18.0 Å². The molecule has 0 aliphatic carbocycles. The van der Waals surface area contributed by atoms with Crippen LogP contribution in [0.1, 0.15) is 29.8 Å². The van der Waals surface area contributed by atoms with E-state index in [4.69, 9.17) is 0 Å². The third kappa shape index (κ3) is 3.60. The molecule has 1 N–H and O–H groups in total. The Hall–Kier alpha value is -2.86.